The molecule has 1 unspecified atom stereocenters. The van der Waals surface area contributed by atoms with Gasteiger partial charge < -0.3 is 14.9 Å². The first kappa shape index (κ1) is 13.5. The lowest BCUT2D eigenvalue weighted by Gasteiger charge is -2.27. The topological polar surface area (TPSA) is 105 Å². The van der Waals surface area contributed by atoms with E-state index in [1.807, 2.05) is 0 Å². The second-order valence-corrected chi connectivity index (χ2v) is 4.82. The van der Waals surface area contributed by atoms with Crippen LogP contribution in [0.3, 0.4) is 0 Å². The number of carboxylic acids is 1. The highest BCUT2D eigenvalue weighted by molar-refractivity contribution is 5.93. The molecule has 0 aromatic carbocycles. The predicted octanol–water partition coefficient (Wildman–Crippen LogP) is 1.14. The maximum atomic E-state index is 11.9. The average molecular weight is 267 g/mol. The molecule has 19 heavy (non-hydrogen) atoms. The van der Waals surface area contributed by atoms with Crippen molar-refractivity contribution in [3.8, 4) is 0 Å². The van der Waals surface area contributed by atoms with Gasteiger partial charge in [-0.2, -0.15) is 4.98 Å². The highest BCUT2D eigenvalue weighted by Gasteiger charge is 2.31. The second kappa shape index (κ2) is 5.81. The number of nitrogens with one attached hydrogen (secondary N) is 1. The highest BCUT2D eigenvalue weighted by atomic mass is 16.5. The SMILES string of the molecule is Cc1nc(C(=O)NC(C(=O)O)C2CCCCC2)no1. The van der Waals surface area contributed by atoms with Crippen LogP contribution in [0.4, 0.5) is 0 Å². The molecule has 1 aliphatic carbocycles. The number of hydrogen-bond donors (Lipinski definition) is 2. The fraction of sp³-hybridized carbons (Fsp3) is 0.667. The lowest BCUT2D eigenvalue weighted by molar-refractivity contribution is -0.141. The third-order valence-corrected chi connectivity index (χ3v) is 3.40. The summed E-state index contributed by atoms with van der Waals surface area (Å²) in [5, 5.41) is 15.2. The summed E-state index contributed by atoms with van der Waals surface area (Å²) in [6, 6.07) is -0.883. The van der Waals surface area contributed by atoms with Gasteiger partial charge in [0.1, 0.15) is 6.04 Å². The van der Waals surface area contributed by atoms with E-state index in [1.54, 1.807) is 6.92 Å². The molecule has 1 aromatic heterocycles. The fourth-order valence-corrected chi connectivity index (χ4v) is 2.45. The van der Waals surface area contributed by atoms with E-state index in [-0.39, 0.29) is 17.6 Å². The summed E-state index contributed by atoms with van der Waals surface area (Å²) in [6.07, 6.45) is 4.78. The number of nitrogens with zero attached hydrogens (tertiary/aromatic N) is 2. The van der Waals surface area contributed by atoms with Gasteiger partial charge in [-0.05, 0) is 18.8 Å². The van der Waals surface area contributed by atoms with Gasteiger partial charge in [-0.15, -0.1) is 0 Å². The standard InChI is InChI=1S/C12H17N3O4/c1-7-13-10(15-19-7)11(16)14-9(12(17)18)8-5-3-2-4-6-8/h8-9H,2-6H2,1H3,(H,14,16)(H,17,18). The van der Waals surface area contributed by atoms with Gasteiger partial charge in [0.25, 0.3) is 11.7 Å². The molecule has 7 nitrogen and oxygen atoms in total. The molecule has 1 heterocycles. The monoisotopic (exact) mass is 267 g/mol. The fourth-order valence-electron chi connectivity index (χ4n) is 2.45. The summed E-state index contributed by atoms with van der Waals surface area (Å²) in [5.41, 5.74) is 0. The van der Waals surface area contributed by atoms with Gasteiger partial charge in [0.2, 0.25) is 5.89 Å². The largest absolute Gasteiger partial charge is 0.480 e. The van der Waals surface area contributed by atoms with Gasteiger partial charge in [-0.3, -0.25) is 4.79 Å². The van der Waals surface area contributed by atoms with Crippen molar-refractivity contribution in [3.63, 3.8) is 0 Å². The molecule has 1 aliphatic rings. The maximum absolute atomic E-state index is 11.9. The Kier molecular flexibility index (Phi) is 4.13. The highest BCUT2D eigenvalue weighted by Crippen LogP contribution is 2.26. The Bertz CT molecular complexity index is 465. The van der Waals surface area contributed by atoms with E-state index >= 15 is 0 Å². The van der Waals surface area contributed by atoms with E-state index in [0.29, 0.717) is 0 Å². The van der Waals surface area contributed by atoms with Crippen molar-refractivity contribution >= 4 is 11.9 Å². The van der Waals surface area contributed by atoms with E-state index in [1.165, 1.54) is 0 Å². The molecule has 0 aliphatic heterocycles. The molecular formula is C12H17N3O4. The van der Waals surface area contributed by atoms with Crippen LogP contribution in [0.5, 0.6) is 0 Å². The van der Waals surface area contributed by atoms with Crippen molar-refractivity contribution in [2.24, 2.45) is 5.92 Å². The number of hydrogen-bond acceptors (Lipinski definition) is 5. The normalized spacial score (nSPS) is 17.9. The molecule has 1 fully saturated rings. The molecule has 0 bridgehead atoms. The van der Waals surface area contributed by atoms with E-state index in [4.69, 9.17) is 4.52 Å². The molecule has 1 saturated carbocycles. The Hall–Kier alpha value is -1.92. The zero-order chi connectivity index (χ0) is 13.8. The number of carbonyl (C=O) groups excluding carboxylic acids is 1. The molecule has 0 spiro atoms. The number of aromatic nitrogens is 2. The lowest BCUT2D eigenvalue weighted by Crippen LogP contribution is -2.46. The Morgan fingerprint density at radius 2 is 2.05 bits per heavy atom. The van der Waals surface area contributed by atoms with Gasteiger partial charge in [-0.1, -0.05) is 24.4 Å². The number of aliphatic carboxylic acids is 1. The molecular weight excluding hydrogens is 250 g/mol. The summed E-state index contributed by atoms with van der Waals surface area (Å²) in [7, 11) is 0. The maximum Gasteiger partial charge on any atom is 0.326 e. The van der Waals surface area contributed by atoms with Crippen molar-refractivity contribution in [2.45, 2.75) is 45.1 Å². The smallest absolute Gasteiger partial charge is 0.326 e. The Morgan fingerprint density at radius 1 is 1.37 bits per heavy atom. The molecule has 1 amide bonds. The van der Waals surface area contributed by atoms with Crippen molar-refractivity contribution in [2.75, 3.05) is 0 Å². The third-order valence-electron chi connectivity index (χ3n) is 3.40. The predicted molar refractivity (Wildman–Crippen MR) is 64.5 cm³/mol. The molecule has 7 heteroatoms. The summed E-state index contributed by atoms with van der Waals surface area (Å²) in [4.78, 5) is 26.9. The van der Waals surface area contributed by atoms with E-state index in [9.17, 15) is 14.7 Å². The van der Waals surface area contributed by atoms with Gasteiger partial charge >= 0.3 is 5.97 Å². The van der Waals surface area contributed by atoms with Crippen LogP contribution in [0, 0.1) is 12.8 Å². The molecule has 2 N–H and O–H groups in total. The van der Waals surface area contributed by atoms with Crippen molar-refractivity contribution < 1.29 is 19.2 Å². The second-order valence-electron chi connectivity index (χ2n) is 4.82. The molecule has 1 atom stereocenters. The number of carbonyl (C=O) groups is 2. The minimum absolute atomic E-state index is 0.0248. The lowest BCUT2D eigenvalue weighted by atomic mass is 9.84. The van der Waals surface area contributed by atoms with Crippen LogP contribution >= 0.6 is 0 Å². The summed E-state index contributed by atoms with van der Waals surface area (Å²) in [5.74, 6) is -1.49. The number of aryl methyl sites for hydroxylation is 1. The Balaban J connectivity index is 2.04. The van der Waals surface area contributed by atoms with Crippen LogP contribution in [-0.2, 0) is 4.79 Å². The van der Waals surface area contributed by atoms with Crippen LogP contribution in [0.15, 0.2) is 4.52 Å². The Labute approximate surface area is 110 Å². The van der Waals surface area contributed by atoms with Gasteiger partial charge in [-0.25, -0.2) is 4.79 Å². The third kappa shape index (κ3) is 3.30. The van der Waals surface area contributed by atoms with Crippen LogP contribution < -0.4 is 5.32 Å². The first-order chi connectivity index (χ1) is 9.08. The van der Waals surface area contributed by atoms with Crippen LogP contribution in [0.1, 0.15) is 48.6 Å². The number of carboxylic acid groups (broad SMARTS) is 1. The van der Waals surface area contributed by atoms with Crippen LogP contribution in [0.25, 0.3) is 0 Å². The quantitative estimate of drug-likeness (QED) is 0.847. The molecule has 0 radical (unpaired) electrons. The number of rotatable bonds is 4. The molecule has 104 valence electrons. The Morgan fingerprint density at radius 3 is 2.58 bits per heavy atom. The zero-order valence-corrected chi connectivity index (χ0v) is 10.8. The first-order valence-electron chi connectivity index (χ1n) is 6.42. The minimum Gasteiger partial charge on any atom is -0.480 e. The van der Waals surface area contributed by atoms with Gasteiger partial charge in [0, 0.05) is 6.92 Å². The van der Waals surface area contributed by atoms with Gasteiger partial charge in [0.05, 0.1) is 0 Å². The van der Waals surface area contributed by atoms with Crippen molar-refractivity contribution in [3.05, 3.63) is 11.7 Å². The van der Waals surface area contributed by atoms with Gasteiger partial charge in [0.15, 0.2) is 0 Å². The number of amides is 1. The first-order valence-corrected chi connectivity index (χ1v) is 6.42. The van der Waals surface area contributed by atoms with Crippen molar-refractivity contribution in [1.29, 1.82) is 0 Å². The van der Waals surface area contributed by atoms with E-state index in [2.05, 4.69) is 15.5 Å². The molecule has 0 saturated heterocycles. The van der Waals surface area contributed by atoms with E-state index < -0.39 is 17.9 Å². The molecule has 1 aromatic rings. The average Bonchev–Trinajstić information content (AvgIpc) is 2.83. The summed E-state index contributed by atoms with van der Waals surface area (Å²) in [6.45, 7) is 1.57. The summed E-state index contributed by atoms with van der Waals surface area (Å²) >= 11 is 0. The van der Waals surface area contributed by atoms with E-state index in [0.717, 1.165) is 32.1 Å². The molecule has 2 rings (SSSR count). The zero-order valence-electron chi connectivity index (χ0n) is 10.8. The van der Waals surface area contributed by atoms with Crippen LogP contribution in [-0.4, -0.2) is 33.2 Å². The minimum atomic E-state index is -1.01. The summed E-state index contributed by atoms with van der Waals surface area (Å²) < 4.78 is 4.70. The van der Waals surface area contributed by atoms with Crippen molar-refractivity contribution in [1.82, 2.24) is 15.5 Å². The van der Waals surface area contributed by atoms with Crippen LogP contribution in [0.2, 0.25) is 0 Å².